The van der Waals surface area contributed by atoms with Crippen LogP contribution in [0.25, 0.3) is 0 Å². The molecule has 0 saturated heterocycles. The largest absolute Gasteiger partial charge is 0.381 e. The molecule has 0 bridgehead atoms. The lowest BCUT2D eigenvalue weighted by Gasteiger charge is -2.29. The van der Waals surface area contributed by atoms with Gasteiger partial charge in [-0.2, -0.15) is 0 Å². The molecule has 1 heterocycles. The normalized spacial score (nSPS) is 26.4. The van der Waals surface area contributed by atoms with Crippen molar-refractivity contribution in [2.45, 2.75) is 32.2 Å². The van der Waals surface area contributed by atoms with Crippen molar-refractivity contribution in [2.75, 3.05) is 5.32 Å². The fraction of sp³-hybridized carbons (Fsp3) is 0.455. The smallest absolute Gasteiger partial charge is 0.0521 e. The molecule has 1 N–H and O–H groups in total. The Morgan fingerprint density at radius 1 is 1.38 bits per heavy atom. The first-order valence-electron chi connectivity index (χ1n) is 4.73. The monoisotopic (exact) mass is 239 g/mol. The molecule has 1 aromatic rings. The number of hydrogen-bond acceptors (Lipinski definition) is 1. The van der Waals surface area contributed by atoms with Gasteiger partial charge in [-0.15, -0.1) is 0 Å². The van der Waals surface area contributed by atoms with Gasteiger partial charge in [0.05, 0.1) is 5.69 Å². The number of hydrogen-bond donors (Lipinski definition) is 1. The van der Waals surface area contributed by atoms with E-state index < -0.39 is 0 Å². The highest BCUT2D eigenvalue weighted by Gasteiger charge is 2.21. The van der Waals surface area contributed by atoms with E-state index >= 15 is 0 Å². The molecule has 0 fully saturated rings. The summed E-state index contributed by atoms with van der Waals surface area (Å²) in [6.45, 7) is 4.53. The Hall–Kier alpha value is -0.500. The van der Waals surface area contributed by atoms with Gasteiger partial charge in [-0.1, -0.05) is 19.1 Å². The molecule has 0 saturated carbocycles. The standard InChI is InChI=1S/C11H14BrN/c1-7-6-8(2)13-11-9(7)4-3-5-10(11)12/h3-5,7-8,13H,6H2,1-2H3. The Morgan fingerprint density at radius 2 is 2.15 bits per heavy atom. The Morgan fingerprint density at radius 3 is 2.92 bits per heavy atom. The van der Waals surface area contributed by atoms with E-state index in [9.17, 15) is 0 Å². The second kappa shape index (κ2) is 3.33. The zero-order valence-corrected chi connectivity index (χ0v) is 9.56. The lowest BCUT2D eigenvalue weighted by Crippen LogP contribution is -2.24. The molecule has 2 heteroatoms. The Bertz CT molecular complexity index is 322. The van der Waals surface area contributed by atoms with E-state index in [1.54, 1.807) is 0 Å². The number of halogens is 1. The molecule has 0 aliphatic carbocycles. The predicted molar refractivity (Wildman–Crippen MR) is 60.3 cm³/mol. The number of anilines is 1. The number of para-hydroxylation sites is 1. The minimum atomic E-state index is 0.584. The van der Waals surface area contributed by atoms with E-state index in [2.05, 4.69) is 53.3 Å². The van der Waals surface area contributed by atoms with E-state index in [0.29, 0.717) is 12.0 Å². The predicted octanol–water partition coefficient (Wildman–Crippen LogP) is 3.76. The van der Waals surface area contributed by atoms with Gasteiger partial charge in [0, 0.05) is 10.5 Å². The van der Waals surface area contributed by atoms with Crippen LogP contribution in [0, 0.1) is 0 Å². The maximum atomic E-state index is 3.57. The second-order valence-electron chi connectivity index (χ2n) is 3.89. The summed E-state index contributed by atoms with van der Waals surface area (Å²) >= 11 is 3.57. The molecule has 0 spiro atoms. The molecule has 2 unspecified atom stereocenters. The number of benzene rings is 1. The molecule has 1 aromatic carbocycles. The minimum absolute atomic E-state index is 0.584. The van der Waals surface area contributed by atoms with Gasteiger partial charge in [0.2, 0.25) is 0 Å². The molecule has 1 nitrogen and oxygen atoms in total. The first-order valence-corrected chi connectivity index (χ1v) is 5.52. The zero-order valence-electron chi connectivity index (χ0n) is 7.97. The van der Waals surface area contributed by atoms with Crippen molar-refractivity contribution < 1.29 is 0 Å². The highest BCUT2D eigenvalue weighted by molar-refractivity contribution is 9.10. The summed E-state index contributed by atoms with van der Waals surface area (Å²) in [4.78, 5) is 0. The van der Waals surface area contributed by atoms with Crippen LogP contribution in [-0.4, -0.2) is 6.04 Å². The quantitative estimate of drug-likeness (QED) is 0.728. The van der Waals surface area contributed by atoms with Gasteiger partial charge < -0.3 is 5.32 Å². The number of rotatable bonds is 0. The van der Waals surface area contributed by atoms with Gasteiger partial charge in [-0.3, -0.25) is 0 Å². The molecule has 13 heavy (non-hydrogen) atoms. The van der Waals surface area contributed by atoms with Crippen LogP contribution in [-0.2, 0) is 0 Å². The highest BCUT2D eigenvalue weighted by atomic mass is 79.9. The van der Waals surface area contributed by atoms with Crippen LogP contribution in [0.1, 0.15) is 31.7 Å². The molecule has 0 aromatic heterocycles. The minimum Gasteiger partial charge on any atom is -0.381 e. The first-order chi connectivity index (χ1) is 6.18. The third-order valence-corrected chi connectivity index (χ3v) is 3.34. The van der Waals surface area contributed by atoms with E-state index in [0.717, 1.165) is 0 Å². The van der Waals surface area contributed by atoms with Crippen LogP contribution in [0.5, 0.6) is 0 Å². The maximum Gasteiger partial charge on any atom is 0.0521 e. The molecule has 0 amide bonds. The van der Waals surface area contributed by atoms with Crippen molar-refractivity contribution in [2.24, 2.45) is 0 Å². The van der Waals surface area contributed by atoms with Gasteiger partial charge in [0.1, 0.15) is 0 Å². The molecule has 2 rings (SSSR count). The third-order valence-electron chi connectivity index (χ3n) is 2.67. The molecular formula is C11H14BrN. The molecule has 1 aliphatic heterocycles. The van der Waals surface area contributed by atoms with Gasteiger partial charge in [-0.05, 0) is 46.8 Å². The molecule has 2 atom stereocenters. The summed E-state index contributed by atoms with van der Waals surface area (Å²) in [6.07, 6.45) is 1.23. The number of fused-ring (bicyclic) bond motifs is 1. The Labute approximate surface area is 87.7 Å². The molecule has 1 aliphatic rings. The zero-order chi connectivity index (χ0) is 9.42. The van der Waals surface area contributed by atoms with E-state index in [1.807, 2.05) is 0 Å². The van der Waals surface area contributed by atoms with Crippen molar-refractivity contribution in [1.29, 1.82) is 0 Å². The van der Waals surface area contributed by atoms with Gasteiger partial charge >= 0.3 is 0 Å². The van der Waals surface area contributed by atoms with Crippen LogP contribution < -0.4 is 5.32 Å². The number of nitrogens with one attached hydrogen (secondary N) is 1. The van der Waals surface area contributed by atoms with Gasteiger partial charge in [-0.25, -0.2) is 0 Å². The van der Waals surface area contributed by atoms with Crippen molar-refractivity contribution in [3.63, 3.8) is 0 Å². The molecule has 70 valence electrons. The topological polar surface area (TPSA) is 12.0 Å². The van der Waals surface area contributed by atoms with Crippen LogP contribution in [0.15, 0.2) is 22.7 Å². The van der Waals surface area contributed by atoms with Crippen molar-refractivity contribution in [1.82, 2.24) is 0 Å². The summed E-state index contributed by atoms with van der Waals surface area (Å²) in [6, 6.07) is 7.00. The van der Waals surface area contributed by atoms with Gasteiger partial charge in [0.25, 0.3) is 0 Å². The summed E-state index contributed by atoms with van der Waals surface area (Å²) < 4.78 is 1.18. The lowest BCUT2D eigenvalue weighted by atomic mass is 9.89. The second-order valence-corrected chi connectivity index (χ2v) is 4.74. The Balaban J connectivity index is 2.49. The maximum absolute atomic E-state index is 3.57. The SMILES string of the molecule is CC1CC(C)c2cccc(Br)c2N1. The van der Waals surface area contributed by atoms with Crippen LogP contribution >= 0.6 is 15.9 Å². The molecule has 0 radical (unpaired) electrons. The van der Waals surface area contributed by atoms with Crippen molar-refractivity contribution in [3.8, 4) is 0 Å². The van der Waals surface area contributed by atoms with Crippen LogP contribution in [0.4, 0.5) is 5.69 Å². The van der Waals surface area contributed by atoms with Gasteiger partial charge in [0.15, 0.2) is 0 Å². The Kier molecular flexibility index (Phi) is 2.33. The van der Waals surface area contributed by atoms with Crippen molar-refractivity contribution in [3.05, 3.63) is 28.2 Å². The van der Waals surface area contributed by atoms with Crippen LogP contribution in [0.2, 0.25) is 0 Å². The fourth-order valence-corrected chi connectivity index (χ4v) is 2.56. The van der Waals surface area contributed by atoms with Crippen LogP contribution in [0.3, 0.4) is 0 Å². The third kappa shape index (κ3) is 1.60. The van der Waals surface area contributed by atoms with Crippen molar-refractivity contribution >= 4 is 21.6 Å². The fourth-order valence-electron chi connectivity index (χ4n) is 2.07. The van der Waals surface area contributed by atoms with E-state index in [1.165, 1.54) is 22.1 Å². The average Bonchev–Trinajstić information content (AvgIpc) is 2.07. The average molecular weight is 240 g/mol. The summed E-state index contributed by atoms with van der Waals surface area (Å²) in [5, 5.41) is 3.51. The van der Waals surface area contributed by atoms with E-state index in [-0.39, 0.29) is 0 Å². The molecular weight excluding hydrogens is 226 g/mol. The lowest BCUT2D eigenvalue weighted by molar-refractivity contribution is 0.589. The first kappa shape index (κ1) is 9.07. The highest BCUT2D eigenvalue weighted by Crippen LogP contribution is 2.38. The summed E-state index contributed by atoms with van der Waals surface area (Å²) in [5.74, 6) is 0.670. The summed E-state index contributed by atoms with van der Waals surface area (Å²) in [5.41, 5.74) is 2.72. The van der Waals surface area contributed by atoms with E-state index in [4.69, 9.17) is 0 Å². The summed E-state index contributed by atoms with van der Waals surface area (Å²) in [7, 11) is 0.